The number of para-hydroxylation sites is 1. The van der Waals surface area contributed by atoms with E-state index in [4.69, 9.17) is 9.47 Å². The number of carbonyl (C=O) groups excluding carboxylic acids is 1. The molecule has 1 aliphatic heterocycles. The van der Waals surface area contributed by atoms with Gasteiger partial charge in [0.25, 0.3) is 0 Å². The van der Waals surface area contributed by atoms with E-state index in [2.05, 4.69) is 18.8 Å². The SMILES string of the molecule is COc1cccc2c1OC[C@H](C(=O)N(Cc1ccncc1)CC(C)C)C2. The van der Waals surface area contributed by atoms with Crippen molar-refractivity contribution < 1.29 is 14.3 Å². The van der Waals surface area contributed by atoms with Gasteiger partial charge >= 0.3 is 0 Å². The molecule has 5 nitrogen and oxygen atoms in total. The fraction of sp³-hybridized carbons (Fsp3) is 0.429. The smallest absolute Gasteiger partial charge is 0.229 e. The number of nitrogens with zero attached hydrogens (tertiary/aromatic N) is 2. The molecule has 0 saturated carbocycles. The first-order chi connectivity index (χ1) is 12.6. The molecule has 0 bridgehead atoms. The number of rotatable bonds is 6. The highest BCUT2D eigenvalue weighted by atomic mass is 16.5. The van der Waals surface area contributed by atoms with Gasteiger partial charge in [-0.3, -0.25) is 9.78 Å². The van der Waals surface area contributed by atoms with Crippen molar-refractivity contribution in [2.24, 2.45) is 11.8 Å². The van der Waals surface area contributed by atoms with Crippen LogP contribution in [0.15, 0.2) is 42.7 Å². The quantitative estimate of drug-likeness (QED) is 0.798. The van der Waals surface area contributed by atoms with Crippen molar-refractivity contribution in [3.8, 4) is 11.5 Å². The van der Waals surface area contributed by atoms with Gasteiger partial charge in [0.1, 0.15) is 6.61 Å². The summed E-state index contributed by atoms with van der Waals surface area (Å²) < 4.78 is 11.3. The second-order valence-corrected chi connectivity index (χ2v) is 7.13. The molecule has 2 heterocycles. The fourth-order valence-electron chi connectivity index (χ4n) is 3.35. The topological polar surface area (TPSA) is 51.7 Å². The zero-order valence-electron chi connectivity index (χ0n) is 15.6. The Morgan fingerprint density at radius 3 is 2.77 bits per heavy atom. The summed E-state index contributed by atoms with van der Waals surface area (Å²) in [4.78, 5) is 19.2. The second-order valence-electron chi connectivity index (χ2n) is 7.13. The molecule has 0 radical (unpaired) electrons. The Kier molecular flexibility index (Phi) is 5.76. The molecule has 1 aliphatic rings. The van der Waals surface area contributed by atoms with Crippen molar-refractivity contribution >= 4 is 5.91 Å². The normalized spacial score (nSPS) is 15.9. The number of carbonyl (C=O) groups is 1. The monoisotopic (exact) mass is 354 g/mol. The second kappa shape index (κ2) is 8.21. The van der Waals surface area contributed by atoms with Gasteiger partial charge in [0.2, 0.25) is 5.91 Å². The number of benzene rings is 1. The van der Waals surface area contributed by atoms with E-state index in [0.29, 0.717) is 25.5 Å². The highest BCUT2D eigenvalue weighted by Crippen LogP contribution is 2.36. The maximum atomic E-state index is 13.2. The third-order valence-electron chi connectivity index (χ3n) is 4.54. The van der Waals surface area contributed by atoms with Gasteiger partial charge in [-0.05, 0) is 41.7 Å². The van der Waals surface area contributed by atoms with Crippen molar-refractivity contribution in [1.29, 1.82) is 0 Å². The molecule has 0 N–H and O–H groups in total. The number of hydrogen-bond donors (Lipinski definition) is 0. The molecule has 2 aromatic rings. The minimum Gasteiger partial charge on any atom is -0.493 e. The summed E-state index contributed by atoms with van der Waals surface area (Å²) in [5, 5.41) is 0. The number of pyridine rings is 1. The van der Waals surface area contributed by atoms with Crippen LogP contribution in [0.2, 0.25) is 0 Å². The summed E-state index contributed by atoms with van der Waals surface area (Å²) in [6.45, 7) is 5.97. The number of methoxy groups -OCH3 is 1. The predicted molar refractivity (Wildman–Crippen MR) is 100 cm³/mol. The predicted octanol–water partition coefficient (Wildman–Crippen LogP) is 3.33. The van der Waals surface area contributed by atoms with Crippen LogP contribution in [0, 0.1) is 11.8 Å². The Bertz CT molecular complexity index is 746. The van der Waals surface area contributed by atoms with E-state index < -0.39 is 0 Å². The summed E-state index contributed by atoms with van der Waals surface area (Å²) in [6, 6.07) is 9.75. The summed E-state index contributed by atoms with van der Waals surface area (Å²) in [7, 11) is 1.63. The largest absolute Gasteiger partial charge is 0.493 e. The van der Waals surface area contributed by atoms with E-state index in [0.717, 1.165) is 29.2 Å². The van der Waals surface area contributed by atoms with Gasteiger partial charge in [-0.1, -0.05) is 26.0 Å². The van der Waals surface area contributed by atoms with E-state index in [9.17, 15) is 4.79 Å². The molecule has 0 saturated heterocycles. The third-order valence-corrected chi connectivity index (χ3v) is 4.54. The van der Waals surface area contributed by atoms with Crippen LogP contribution >= 0.6 is 0 Å². The molecular weight excluding hydrogens is 328 g/mol. The van der Waals surface area contributed by atoms with Crippen molar-refractivity contribution in [3.63, 3.8) is 0 Å². The molecule has 0 aliphatic carbocycles. The maximum Gasteiger partial charge on any atom is 0.229 e. The fourth-order valence-corrected chi connectivity index (χ4v) is 3.35. The van der Waals surface area contributed by atoms with E-state index >= 15 is 0 Å². The van der Waals surface area contributed by atoms with Crippen molar-refractivity contribution in [2.75, 3.05) is 20.3 Å². The number of ether oxygens (including phenoxy) is 2. The third kappa shape index (κ3) is 4.15. The van der Waals surface area contributed by atoms with Gasteiger partial charge in [0.15, 0.2) is 11.5 Å². The number of hydrogen-bond acceptors (Lipinski definition) is 4. The summed E-state index contributed by atoms with van der Waals surface area (Å²) >= 11 is 0. The molecule has 26 heavy (non-hydrogen) atoms. The number of aromatic nitrogens is 1. The molecule has 0 unspecified atom stereocenters. The van der Waals surface area contributed by atoms with Crippen LogP contribution in [0.5, 0.6) is 11.5 Å². The molecule has 5 heteroatoms. The lowest BCUT2D eigenvalue weighted by atomic mass is 9.94. The Balaban J connectivity index is 1.76. The zero-order valence-corrected chi connectivity index (χ0v) is 15.6. The zero-order chi connectivity index (χ0) is 18.5. The first-order valence-electron chi connectivity index (χ1n) is 9.05. The Labute approximate surface area is 155 Å². The highest BCUT2D eigenvalue weighted by molar-refractivity contribution is 5.80. The van der Waals surface area contributed by atoms with Gasteiger partial charge in [-0.2, -0.15) is 0 Å². The molecule has 0 fully saturated rings. The van der Waals surface area contributed by atoms with Gasteiger partial charge in [0, 0.05) is 25.5 Å². The number of amides is 1. The molecule has 1 aromatic heterocycles. The van der Waals surface area contributed by atoms with Crippen LogP contribution < -0.4 is 9.47 Å². The molecular formula is C21H26N2O3. The lowest BCUT2D eigenvalue weighted by molar-refractivity contribution is -0.138. The van der Waals surface area contributed by atoms with Gasteiger partial charge in [0.05, 0.1) is 13.0 Å². The molecule has 3 rings (SSSR count). The average Bonchev–Trinajstić information content (AvgIpc) is 2.66. The van der Waals surface area contributed by atoms with E-state index in [1.165, 1.54) is 0 Å². The Hall–Kier alpha value is -2.56. The summed E-state index contributed by atoms with van der Waals surface area (Å²) in [6.07, 6.45) is 4.20. The van der Waals surface area contributed by atoms with Crippen LogP contribution in [-0.2, 0) is 17.8 Å². The first kappa shape index (κ1) is 18.2. The lowest BCUT2D eigenvalue weighted by Gasteiger charge is -2.32. The minimum absolute atomic E-state index is 0.143. The van der Waals surface area contributed by atoms with Crippen molar-refractivity contribution in [1.82, 2.24) is 9.88 Å². The Morgan fingerprint density at radius 2 is 2.08 bits per heavy atom. The molecule has 1 amide bonds. The average molecular weight is 354 g/mol. The van der Waals surface area contributed by atoms with Crippen LogP contribution in [0.3, 0.4) is 0 Å². The van der Waals surface area contributed by atoms with Crippen LogP contribution in [0.1, 0.15) is 25.0 Å². The molecule has 1 atom stereocenters. The Morgan fingerprint density at radius 1 is 1.31 bits per heavy atom. The van der Waals surface area contributed by atoms with Gasteiger partial charge in [-0.15, -0.1) is 0 Å². The molecule has 138 valence electrons. The highest BCUT2D eigenvalue weighted by Gasteiger charge is 2.31. The minimum atomic E-state index is -0.171. The van der Waals surface area contributed by atoms with Crippen molar-refractivity contribution in [2.45, 2.75) is 26.8 Å². The van der Waals surface area contributed by atoms with E-state index in [1.54, 1.807) is 19.5 Å². The summed E-state index contributed by atoms with van der Waals surface area (Å²) in [5.74, 6) is 1.87. The molecule has 0 spiro atoms. The number of fused-ring (bicyclic) bond motifs is 1. The van der Waals surface area contributed by atoms with Crippen LogP contribution in [0.4, 0.5) is 0 Å². The summed E-state index contributed by atoms with van der Waals surface area (Å²) in [5.41, 5.74) is 2.12. The molecule has 1 aromatic carbocycles. The van der Waals surface area contributed by atoms with E-state index in [-0.39, 0.29) is 11.8 Å². The first-order valence-corrected chi connectivity index (χ1v) is 9.05. The van der Waals surface area contributed by atoms with Crippen LogP contribution in [0.25, 0.3) is 0 Å². The van der Waals surface area contributed by atoms with Gasteiger partial charge < -0.3 is 14.4 Å². The van der Waals surface area contributed by atoms with Crippen molar-refractivity contribution in [3.05, 3.63) is 53.9 Å². The standard InChI is InChI=1S/C21H26N2O3/c1-15(2)12-23(13-16-7-9-22-10-8-16)21(24)18-11-17-5-4-6-19(25-3)20(17)26-14-18/h4-10,15,18H,11-14H2,1-3H3/t18-/m1/s1. The lowest BCUT2D eigenvalue weighted by Crippen LogP contribution is -2.42. The van der Waals surface area contributed by atoms with Gasteiger partial charge in [-0.25, -0.2) is 0 Å². The van der Waals surface area contributed by atoms with E-state index in [1.807, 2.05) is 35.2 Å². The maximum absolute atomic E-state index is 13.2. The van der Waals surface area contributed by atoms with Crippen LogP contribution in [-0.4, -0.2) is 36.1 Å².